The summed E-state index contributed by atoms with van der Waals surface area (Å²) in [6.07, 6.45) is 0. The van der Waals surface area contributed by atoms with E-state index in [0.29, 0.717) is 6.54 Å². The summed E-state index contributed by atoms with van der Waals surface area (Å²) in [6, 6.07) is 11.4. The van der Waals surface area contributed by atoms with Gasteiger partial charge in [0.1, 0.15) is 6.54 Å². The van der Waals surface area contributed by atoms with Crippen LogP contribution in [0.1, 0.15) is 5.56 Å². The van der Waals surface area contributed by atoms with E-state index in [9.17, 15) is 9.59 Å². The van der Waals surface area contributed by atoms with Crippen molar-refractivity contribution < 1.29 is 9.59 Å². The van der Waals surface area contributed by atoms with Gasteiger partial charge in [0.15, 0.2) is 0 Å². The van der Waals surface area contributed by atoms with Crippen molar-refractivity contribution in [1.29, 1.82) is 5.26 Å². The Bertz CT molecular complexity index is 453. The van der Waals surface area contributed by atoms with Gasteiger partial charge in [-0.15, -0.1) is 0 Å². The van der Waals surface area contributed by atoms with Gasteiger partial charge in [-0.2, -0.15) is 5.26 Å². The van der Waals surface area contributed by atoms with Gasteiger partial charge in [-0.1, -0.05) is 30.3 Å². The van der Waals surface area contributed by atoms with Crippen LogP contribution in [0.15, 0.2) is 30.3 Å². The first kappa shape index (κ1) is 14.7. The third-order valence-electron chi connectivity index (χ3n) is 2.27. The van der Waals surface area contributed by atoms with Crippen molar-refractivity contribution in [3.63, 3.8) is 0 Å². The Balaban J connectivity index is 2.12. The fraction of sp³-hybridized carbons (Fsp3) is 0.308. The van der Waals surface area contributed by atoms with Crippen molar-refractivity contribution in [2.45, 2.75) is 6.54 Å². The molecule has 0 aliphatic rings. The Hall–Kier alpha value is -2.39. The Labute approximate surface area is 111 Å². The second kappa shape index (κ2) is 8.66. The maximum atomic E-state index is 11.5. The maximum absolute atomic E-state index is 11.5. The molecule has 1 aromatic carbocycles. The van der Waals surface area contributed by atoms with E-state index >= 15 is 0 Å². The molecule has 0 aliphatic carbocycles. The summed E-state index contributed by atoms with van der Waals surface area (Å²) in [4.78, 5) is 22.6. The van der Waals surface area contributed by atoms with Crippen molar-refractivity contribution in [3.05, 3.63) is 35.9 Å². The number of hydrogen-bond donors (Lipinski definition) is 3. The minimum atomic E-state index is -0.308. The minimum absolute atomic E-state index is 0.0143. The van der Waals surface area contributed by atoms with Crippen LogP contribution in [0.25, 0.3) is 0 Å². The molecule has 0 heterocycles. The summed E-state index contributed by atoms with van der Waals surface area (Å²) in [5.41, 5.74) is 1.02. The molecule has 19 heavy (non-hydrogen) atoms. The van der Waals surface area contributed by atoms with Crippen molar-refractivity contribution in [2.24, 2.45) is 0 Å². The number of carbonyl (C=O) groups is 2. The molecule has 6 nitrogen and oxygen atoms in total. The molecule has 0 bridgehead atoms. The van der Waals surface area contributed by atoms with E-state index in [1.54, 1.807) is 6.07 Å². The van der Waals surface area contributed by atoms with Gasteiger partial charge in [0.2, 0.25) is 11.8 Å². The predicted molar refractivity (Wildman–Crippen MR) is 69.8 cm³/mol. The van der Waals surface area contributed by atoms with Crippen LogP contribution >= 0.6 is 0 Å². The first-order chi connectivity index (χ1) is 9.22. The van der Waals surface area contributed by atoms with Crippen molar-refractivity contribution in [3.8, 4) is 6.07 Å². The molecule has 0 aliphatic heterocycles. The molecule has 0 radical (unpaired) electrons. The van der Waals surface area contributed by atoms with Crippen molar-refractivity contribution in [1.82, 2.24) is 16.0 Å². The van der Waals surface area contributed by atoms with Gasteiger partial charge in [0, 0.05) is 6.54 Å². The molecular formula is C13H16N4O2. The molecule has 0 fully saturated rings. The Morgan fingerprint density at radius 3 is 2.32 bits per heavy atom. The number of nitriles is 1. The van der Waals surface area contributed by atoms with Crippen LogP contribution in [0, 0.1) is 11.3 Å². The van der Waals surface area contributed by atoms with E-state index in [1.165, 1.54) is 0 Å². The summed E-state index contributed by atoms with van der Waals surface area (Å²) in [7, 11) is 0. The highest BCUT2D eigenvalue weighted by Gasteiger charge is 2.03. The molecule has 1 rings (SSSR count). The first-order valence-corrected chi connectivity index (χ1v) is 5.87. The van der Waals surface area contributed by atoms with Crippen LogP contribution in [0.3, 0.4) is 0 Å². The zero-order chi connectivity index (χ0) is 13.9. The summed E-state index contributed by atoms with van der Waals surface area (Å²) < 4.78 is 0. The zero-order valence-corrected chi connectivity index (χ0v) is 10.5. The Morgan fingerprint density at radius 1 is 1.05 bits per heavy atom. The number of amides is 2. The number of hydrogen-bond acceptors (Lipinski definition) is 4. The lowest BCUT2D eigenvalue weighted by Crippen LogP contribution is -2.39. The average molecular weight is 260 g/mol. The molecule has 2 amide bonds. The molecule has 0 spiro atoms. The predicted octanol–water partition coefficient (Wildman–Crippen LogP) is -0.468. The third kappa shape index (κ3) is 6.81. The molecule has 100 valence electrons. The van der Waals surface area contributed by atoms with Crippen LogP contribution < -0.4 is 16.0 Å². The lowest BCUT2D eigenvalue weighted by Gasteiger charge is -2.06. The average Bonchev–Trinajstić information content (AvgIpc) is 2.44. The topological polar surface area (TPSA) is 94.0 Å². The van der Waals surface area contributed by atoms with E-state index in [0.717, 1.165) is 5.56 Å². The van der Waals surface area contributed by atoms with Crippen molar-refractivity contribution >= 4 is 11.8 Å². The summed E-state index contributed by atoms with van der Waals surface area (Å²) in [6.45, 7) is 0.510. The lowest BCUT2D eigenvalue weighted by molar-refractivity contribution is -0.121. The van der Waals surface area contributed by atoms with E-state index in [-0.39, 0.29) is 31.4 Å². The highest BCUT2D eigenvalue weighted by molar-refractivity contribution is 5.81. The molecule has 6 heteroatoms. The molecule has 0 saturated heterocycles. The standard InChI is InChI=1S/C13H16N4O2/c14-6-7-16-12(18)9-15-10-13(19)17-8-11-4-2-1-3-5-11/h1-5,15H,7-10H2,(H,16,18)(H,17,19). The highest BCUT2D eigenvalue weighted by atomic mass is 16.2. The number of rotatable bonds is 7. The van der Waals surface area contributed by atoms with E-state index in [4.69, 9.17) is 5.26 Å². The summed E-state index contributed by atoms with van der Waals surface area (Å²) in [5, 5.41) is 16.1. The maximum Gasteiger partial charge on any atom is 0.234 e. The Kier molecular flexibility index (Phi) is 6.69. The van der Waals surface area contributed by atoms with Gasteiger partial charge in [-0.05, 0) is 5.56 Å². The van der Waals surface area contributed by atoms with E-state index in [1.807, 2.05) is 30.3 Å². The normalized spacial score (nSPS) is 9.42. The third-order valence-corrected chi connectivity index (χ3v) is 2.27. The number of nitrogens with zero attached hydrogens (tertiary/aromatic N) is 1. The minimum Gasteiger partial charge on any atom is -0.351 e. The Morgan fingerprint density at radius 2 is 1.68 bits per heavy atom. The van der Waals surface area contributed by atoms with Gasteiger partial charge in [-0.25, -0.2) is 0 Å². The van der Waals surface area contributed by atoms with Crippen molar-refractivity contribution in [2.75, 3.05) is 19.6 Å². The van der Waals surface area contributed by atoms with Crippen LogP contribution in [0.2, 0.25) is 0 Å². The van der Waals surface area contributed by atoms with Gasteiger partial charge in [0.05, 0.1) is 19.2 Å². The van der Waals surface area contributed by atoms with Gasteiger partial charge < -0.3 is 10.6 Å². The van der Waals surface area contributed by atoms with E-state index in [2.05, 4.69) is 16.0 Å². The first-order valence-electron chi connectivity index (χ1n) is 5.87. The zero-order valence-electron chi connectivity index (χ0n) is 10.5. The molecule has 0 saturated carbocycles. The highest BCUT2D eigenvalue weighted by Crippen LogP contribution is 1.96. The monoisotopic (exact) mass is 260 g/mol. The van der Waals surface area contributed by atoms with Crippen LogP contribution in [0.4, 0.5) is 0 Å². The smallest absolute Gasteiger partial charge is 0.234 e. The molecule has 1 aromatic rings. The summed E-state index contributed by atoms with van der Waals surface area (Å²) in [5.74, 6) is -0.491. The second-order valence-corrected chi connectivity index (χ2v) is 3.80. The lowest BCUT2D eigenvalue weighted by atomic mass is 10.2. The van der Waals surface area contributed by atoms with Crippen LogP contribution in [0.5, 0.6) is 0 Å². The van der Waals surface area contributed by atoms with Gasteiger partial charge in [-0.3, -0.25) is 14.9 Å². The van der Waals surface area contributed by atoms with Crippen LogP contribution in [-0.4, -0.2) is 31.4 Å². The fourth-order valence-corrected chi connectivity index (χ4v) is 1.35. The quantitative estimate of drug-likeness (QED) is 0.578. The van der Waals surface area contributed by atoms with E-state index < -0.39 is 0 Å². The van der Waals surface area contributed by atoms with Gasteiger partial charge in [0.25, 0.3) is 0 Å². The van der Waals surface area contributed by atoms with Gasteiger partial charge >= 0.3 is 0 Å². The largest absolute Gasteiger partial charge is 0.351 e. The second-order valence-electron chi connectivity index (χ2n) is 3.80. The molecule has 0 unspecified atom stereocenters. The SMILES string of the molecule is N#CCNC(=O)CNCC(=O)NCc1ccccc1. The fourth-order valence-electron chi connectivity index (χ4n) is 1.35. The number of carbonyl (C=O) groups excluding carboxylic acids is 2. The molecule has 0 aromatic heterocycles. The molecular weight excluding hydrogens is 244 g/mol. The summed E-state index contributed by atoms with van der Waals surface area (Å²) >= 11 is 0. The van der Waals surface area contributed by atoms with Crippen LogP contribution in [-0.2, 0) is 16.1 Å². The number of nitrogens with one attached hydrogen (secondary N) is 3. The molecule has 0 atom stereocenters. The molecule has 3 N–H and O–H groups in total. The number of benzene rings is 1.